The molecule has 0 amide bonds. The predicted molar refractivity (Wildman–Crippen MR) is 128 cm³/mol. The third-order valence-corrected chi connectivity index (χ3v) is 5.51. The Morgan fingerprint density at radius 1 is 0.781 bits per heavy atom. The van der Waals surface area contributed by atoms with Gasteiger partial charge in [-0.2, -0.15) is 5.26 Å². The zero-order valence-corrected chi connectivity index (χ0v) is 18.8. The number of carbonyl (C=O) groups is 1. The Morgan fingerprint density at radius 2 is 1.41 bits per heavy atom. The van der Waals surface area contributed by atoms with Crippen molar-refractivity contribution in [3.05, 3.63) is 71.8 Å². The fraction of sp³-hybridized carbons (Fsp3) is 0.357. The van der Waals surface area contributed by atoms with Crippen LogP contribution in [-0.2, 0) is 0 Å². The average Bonchev–Trinajstić information content (AvgIpc) is 2.83. The topological polar surface area (TPSA) is 59.3 Å². The van der Waals surface area contributed by atoms with Gasteiger partial charge >= 0.3 is 5.97 Å². The lowest BCUT2D eigenvalue weighted by molar-refractivity contribution is 0.0735. The summed E-state index contributed by atoms with van der Waals surface area (Å²) in [4.78, 5) is 12.5. The zero-order valence-electron chi connectivity index (χ0n) is 18.8. The van der Waals surface area contributed by atoms with Gasteiger partial charge in [-0.3, -0.25) is 0 Å². The highest BCUT2D eigenvalue weighted by Gasteiger charge is 2.09. The van der Waals surface area contributed by atoms with Gasteiger partial charge in [0.05, 0.1) is 23.8 Å². The lowest BCUT2D eigenvalue weighted by Crippen LogP contribution is -2.08. The number of ether oxygens (including phenoxy) is 2. The first kappa shape index (κ1) is 23.3. The van der Waals surface area contributed by atoms with Crippen LogP contribution in [0.15, 0.2) is 60.7 Å². The number of hydrogen-bond donors (Lipinski definition) is 0. The van der Waals surface area contributed by atoms with E-state index in [2.05, 4.69) is 13.0 Å². The van der Waals surface area contributed by atoms with E-state index in [1.807, 2.05) is 30.3 Å². The molecule has 0 aliphatic heterocycles. The maximum Gasteiger partial charge on any atom is 0.343 e. The van der Waals surface area contributed by atoms with E-state index in [0.717, 1.165) is 22.9 Å². The molecule has 0 aliphatic carbocycles. The highest BCUT2D eigenvalue weighted by Crippen LogP contribution is 2.23. The van der Waals surface area contributed by atoms with Crippen LogP contribution >= 0.6 is 0 Å². The summed E-state index contributed by atoms with van der Waals surface area (Å²) in [5.74, 6) is 0.832. The SMILES string of the molecule is CCCCCCCCCCOc1ccc(C(=O)Oc2ccc3cc(C#N)ccc3c2)cc1. The second-order valence-electron chi connectivity index (χ2n) is 8.07. The van der Waals surface area contributed by atoms with Gasteiger partial charge in [0.1, 0.15) is 11.5 Å². The lowest BCUT2D eigenvalue weighted by atomic mass is 10.1. The van der Waals surface area contributed by atoms with Gasteiger partial charge in [-0.1, -0.05) is 64.0 Å². The molecule has 0 bridgehead atoms. The van der Waals surface area contributed by atoms with Crippen molar-refractivity contribution in [2.45, 2.75) is 58.3 Å². The van der Waals surface area contributed by atoms with E-state index in [4.69, 9.17) is 14.7 Å². The van der Waals surface area contributed by atoms with Crippen LogP contribution in [-0.4, -0.2) is 12.6 Å². The average molecular weight is 430 g/mol. The third-order valence-electron chi connectivity index (χ3n) is 5.51. The monoisotopic (exact) mass is 429 g/mol. The second kappa shape index (κ2) is 12.5. The Bertz CT molecular complexity index is 1050. The highest BCUT2D eigenvalue weighted by atomic mass is 16.5. The first-order valence-corrected chi connectivity index (χ1v) is 11.6. The minimum Gasteiger partial charge on any atom is -0.494 e. The molecule has 3 rings (SSSR count). The molecule has 0 saturated carbocycles. The van der Waals surface area contributed by atoms with Gasteiger partial charge in [0.15, 0.2) is 0 Å². The lowest BCUT2D eigenvalue weighted by Gasteiger charge is -2.08. The Morgan fingerprint density at radius 3 is 2.12 bits per heavy atom. The number of unbranched alkanes of at least 4 members (excludes halogenated alkanes) is 7. The summed E-state index contributed by atoms with van der Waals surface area (Å²) in [5, 5.41) is 10.9. The summed E-state index contributed by atoms with van der Waals surface area (Å²) in [6.07, 6.45) is 10.2. The molecule has 32 heavy (non-hydrogen) atoms. The molecular weight excluding hydrogens is 398 g/mol. The van der Waals surface area contributed by atoms with Crippen molar-refractivity contribution < 1.29 is 14.3 Å². The highest BCUT2D eigenvalue weighted by molar-refractivity contribution is 5.92. The summed E-state index contributed by atoms with van der Waals surface area (Å²) in [6.45, 7) is 2.94. The molecule has 0 spiro atoms. The Balaban J connectivity index is 1.43. The van der Waals surface area contributed by atoms with E-state index in [0.29, 0.717) is 23.5 Å². The van der Waals surface area contributed by atoms with Crippen molar-refractivity contribution in [2.24, 2.45) is 0 Å². The summed E-state index contributed by atoms with van der Waals surface area (Å²) < 4.78 is 11.3. The van der Waals surface area contributed by atoms with Crippen LogP contribution in [0.5, 0.6) is 11.5 Å². The summed E-state index contributed by atoms with van der Waals surface area (Å²) in [7, 11) is 0. The van der Waals surface area contributed by atoms with Crippen LogP contribution in [0.2, 0.25) is 0 Å². The smallest absolute Gasteiger partial charge is 0.343 e. The minimum atomic E-state index is -0.410. The molecule has 0 aromatic heterocycles. The van der Waals surface area contributed by atoms with E-state index >= 15 is 0 Å². The largest absolute Gasteiger partial charge is 0.494 e. The predicted octanol–water partition coefficient (Wildman–Crippen LogP) is 7.45. The Hall–Kier alpha value is -3.32. The van der Waals surface area contributed by atoms with Crippen molar-refractivity contribution >= 4 is 16.7 Å². The fourth-order valence-electron chi connectivity index (χ4n) is 3.64. The molecule has 0 aliphatic rings. The summed E-state index contributed by atoms with van der Waals surface area (Å²) >= 11 is 0. The van der Waals surface area contributed by atoms with E-state index in [1.54, 1.807) is 30.3 Å². The number of esters is 1. The second-order valence-corrected chi connectivity index (χ2v) is 8.07. The summed E-state index contributed by atoms with van der Waals surface area (Å²) in [5.41, 5.74) is 1.08. The van der Waals surface area contributed by atoms with Crippen molar-refractivity contribution in [2.75, 3.05) is 6.61 Å². The van der Waals surface area contributed by atoms with Gasteiger partial charge < -0.3 is 9.47 Å². The van der Waals surface area contributed by atoms with Crippen LogP contribution < -0.4 is 9.47 Å². The molecule has 0 N–H and O–H groups in total. The Labute approximate surface area is 190 Å². The third kappa shape index (κ3) is 7.13. The van der Waals surface area contributed by atoms with E-state index in [-0.39, 0.29) is 0 Å². The molecule has 0 atom stereocenters. The van der Waals surface area contributed by atoms with Crippen LogP contribution in [0.4, 0.5) is 0 Å². The number of rotatable bonds is 12. The maximum atomic E-state index is 12.5. The fourth-order valence-corrected chi connectivity index (χ4v) is 3.64. The van der Waals surface area contributed by atoms with E-state index < -0.39 is 5.97 Å². The van der Waals surface area contributed by atoms with Gasteiger partial charge in [-0.05, 0) is 65.7 Å². The molecule has 0 radical (unpaired) electrons. The minimum absolute atomic E-state index is 0.410. The molecule has 0 saturated heterocycles. The van der Waals surface area contributed by atoms with E-state index in [1.165, 1.54) is 44.9 Å². The zero-order chi connectivity index (χ0) is 22.6. The number of nitrogens with zero attached hydrogens (tertiary/aromatic N) is 1. The Kier molecular flexibility index (Phi) is 9.13. The molecule has 3 aromatic carbocycles. The number of hydrogen-bond acceptors (Lipinski definition) is 4. The van der Waals surface area contributed by atoms with Crippen molar-refractivity contribution in [1.29, 1.82) is 5.26 Å². The van der Waals surface area contributed by atoms with Gasteiger partial charge in [0.2, 0.25) is 0 Å². The van der Waals surface area contributed by atoms with Crippen molar-refractivity contribution in [1.82, 2.24) is 0 Å². The van der Waals surface area contributed by atoms with Gasteiger partial charge in [0, 0.05) is 0 Å². The van der Waals surface area contributed by atoms with Gasteiger partial charge in [-0.25, -0.2) is 4.79 Å². The standard InChI is InChI=1S/C28H31NO3/c1-2-3-4-5-6-7-8-9-18-31-26-15-12-23(13-16-26)28(30)32-27-17-14-24-19-22(21-29)10-11-25(24)20-27/h10-17,19-20H,2-9,18H2,1H3. The molecule has 0 fully saturated rings. The molecule has 4 heteroatoms. The first-order chi connectivity index (χ1) is 15.7. The molecule has 4 nitrogen and oxygen atoms in total. The number of nitriles is 1. The maximum absolute atomic E-state index is 12.5. The quantitative estimate of drug-likeness (QED) is 0.170. The number of carbonyl (C=O) groups excluding carboxylic acids is 1. The summed E-state index contributed by atoms with van der Waals surface area (Å²) in [6, 6.07) is 20.0. The molecule has 166 valence electrons. The normalized spacial score (nSPS) is 10.6. The molecular formula is C28H31NO3. The number of benzene rings is 3. The van der Waals surface area contributed by atoms with E-state index in [9.17, 15) is 4.79 Å². The van der Waals surface area contributed by atoms with Crippen LogP contribution in [0.3, 0.4) is 0 Å². The molecule has 0 unspecified atom stereocenters. The molecule has 0 heterocycles. The van der Waals surface area contributed by atoms with Crippen LogP contribution in [0.25, 0.3) is 10.8 Å². The van der Waals surface area contributed by atoms with Gasteiger partial charge in [-0.15, -0.1) is 0 Å². The first-order valence-electron chi connectivity index (χ1n) is 11.6. The van der Waals surface area contributed by atoms with Gasteiger partial charge in [0.25, 0.3) is 0 Å². The van der Waals surface area contributed by atoms with Crippen molar-refractivity contribution in [3.63, 3.8) is 0 Å². The van der Waals surface area contributed by atoms with Crippen LogP contribution in [0, 0.1) is 11.3 Å². The van der Waals surface area contributed by atoms with Crippen molar-refractivity contribution in [3.8, 4) is 17.6 Å². The molecule has 3 aromatic rings. The number of fused-ring (bicyclic) bond motifs is 1. The van der Waals surface area contributed by atoms with Crippen LogP contribution in [0.1, 0.15) is 74.2 Å².